The van der Waals surface area contributed by atoms with Crippen LogP contribution in [0.4, 0.5) is 0 Å². The average Bonchev–Trinajstić information content (AvgIpc) is 2.80. The van der Waals surface area contributed by atoms with Gasteiger partial charge in [0.1, 0.15) is 23.2 Å². The Morgan fingerprint density at radius 1 is 1.46 bits per heavy atom. The quantitative estimate of drug-likeness (QED) is 0.575. The van der Waals surface area contributed by atoms with Crippen molar-refractivity contribution in [3.8, 4) is 5.75 Å². The Hall–Kier alpha value is -2.39. The molecule has 1 heterocycles. The van der Waals surface area contributed by atoms with Gasteiger partial charge in [-0.15, -0.1) is 0 Å². The van der Waals surface area contributed by atoms with E-state index in [1.165, 1.54) is 0 Å². The zero-order valence-electron chi connectivity index (χ0n) is 12.6. The van der Waals surface area contributed by atoms with Crippen LogP contribution in [0.2, 0.25) is 0 Å². The average molecular weight is 366 g/mol. The lowest BCUT2D eigenvalue weighted by Crippen LogP contribution is -2.41. The van der Waals surface area contributed by atoms with Crippen molar-refractivity contribution in [1.82, 2.24) is 10.2 Å². The van der Waals surface area contributed by atoms with E-state index in [9.17, 15) is 14.4 Å². The molecule has 0 bridgehead atoms. The summed E-state index contributed by atoms with van der Waals surface area (Å²) in [6, 6.07) is 7.17. The number of rotatable bonds is 6. The molecule has 0 aliphatic carbocycles. The number of carbonyl (C=O) groups is 3. The highest BCUT2D eigenvalue weighted by Gasteiger charge is 2.33. The Morgan fingerprint density at radius 3 is 2.88 bits per heavy atom. The molecule has 0 atom stereocenters. The second-order valence-corrected chi connectivity index (χ2v) is 6.39. The van der Waals surface area contributed by atoms with E-state index in [0.29, 0.717) is 10.7 Å². The number of carboxylic acid groups (broad SMARTS) is 1. The summed E-state index contributed by atoms with van der Waals surface area (Å²) in [5.41, 5.74) is 0.769. The molecule has 1 aliphatic rings. The molecular weight excluding hydrogens is 352 g/mol. The number of carbonyl (C=O) groups excluding carboxylic acids is 2. The zero-order valence-corrected chi connectivity index (χ0v) is 14.3. The second-order valence-electron chi connectivity index (χ2n) is 4.71. The van der Waals surface area contributed by atoms with Gasteiger partial charge in [-0.3, -0.25) is 19.3 Å². The number of nitrogens with one attached hydrogen (secondary N) is 1. The van der Waals surface area contributed by atoms with Crippen LogP contribution in [0.15, 0.2) is 29.2 Å². The Morgan fingerprint density at radius 2 is 2.21 bits per heavy atom. The van der Waals surface area contributed by atoms with Crippen molar-refractivity contribution in [2.75, 3.05) is 20.2 Å². The first-order valence-electron chi connectivity index (χ1n) is 6.78. The number of aliphatic carboxylic acids is 1. The summed E-state index contributed by atoms with van der Waals surface area (Å²) in [6.45, 7) is -0.819. The maximum Gasteiger partial charge on any atom is 0.322 e. The number of thiocarbonyl (C=S) groups is 1. The maximum atomic E-state index is 12.4. The molecule has 1 aromatic rings. The molecule has 2 rings (SSSR count). The van der Waals surface area contributed by atoms with Crippen molar-refractivity contribution in [3.05, 3.63) is 34.7 Å². The molecular formula is C15H14N2O5S2. The molecule has 2 amide bonds. The van der Waals surface area contributed by atoms with Gasteiger partial charge in [-0.05, 0) is 23.8 Å². The van der Waals surface area contributed by atoms with E-state index in [1.54, 1.807) is 31.4 Å². The molecule has 1 fully saturated rings. The van der Waals surface area contributed by atoms with Crippen LogP contribution in [0.3, 0.4) is 0 Å². The minimum Gasteiger partial charge on any atom is -0.497 e. The summed E-state index contributed by atoms with van der Waals surface area (Å²) < 4.78 is 5.38. The van der Waals surface area contributed by atoms with E-state index in [-0.39, 0.29) is 10.9 Å². The van der Waals surface area contributed by atoms with E-state index in [2.05, 4.69) is 5.32 Å². The number of hydrogen-bond acceptors (Lipinski definition) is 6. The van der Waals surface area contributed by atoms with Gasteiger partial charge in [-0.25, -0.2) is 0 Å². The third-order valence-corrected chi connectivity index (χ3v) is 4.38. The molecule has 0 saturated carbocycles. The molecule has 1 aliphatic heterocycles. The molecule has 1 aromatic carbocycles. The molecule has 2 N–H and O–H groups in total. The lowest BCUT2D eigenvalue weighted by Gasteiger charge is -2.13. The molecule has 1 saturated heterocycles. The molecule has 24 heavy (non-hydrogen) atoms. The third-order valence-electron chi connectivity index (χ3n) is 3.00. The smallest absolute Gasteiger partial charge is 0.322 e. The lowest BCUT2D eigenvalue weighted by atomic mass is 10.2. The van der Waals surface area contributed by atoms with Crippen molar-refractivity contribution >= 4 is 52.2 Å². The fraction of sp³-hybridized carbons (Fsp3) is 0.200. The van der Waals surface area contributed by atoms with Crippen LogP contribution < -0.4 is 10.1 Å². The molecule has 0 radical (unpaired) electrons. The highest BCUT2D eigenvalue weighted by molar-refractivity contribution is 8.26. The van der Waals surface area contributed by atoms with Gasteiger partial charge < -0.3 is 15.2 Å². The van der Waals surface area contributed by atoms with Gasteiger partial charge in [-0.1, -0.05) is 36.1 Å². The van der Waals surface area contributed by atoms with Gasteiger partial charge in [0.2, 0.25) is 5.91 Å². The molecule has 0 aromatic heterocycles. The van der Waals surface area contributed by atoms with Gasteiger partial charge in [0, 0.05) is 0 Å². The van der Waals surface area contributed by atoms with Gasteiger partial charge >= 0.3 is 5.97 Å². The predicted octanol–water partition coefficient (Wildman–Crippen LogP) is 1.10. The second kappa shape index (κ2) is 7.93. The van der Waals surface area contributed by atoms with E-state index in [0.717, 1.165) is 22.2 Å². The number of carboxylic acids is 1. The standard InChI is InChI=1S/C15H14N2O5S2/c1-22-10-4-2-3-9(5-10)6-11-14(21)17(15(23)24-11)8-12(18)16-7-13(19)20/h2-6H,7-8H2,1H3,(H,16,18)(H,19,20)/b11-6-. The van der Waals surface area contributed by atoms with Crippen LogP contribution in [0.25, 0.3) is 6.08 Å². The maximum absolute atomic E-state index is 12.4. The largest absolute Gasteiger partial charge is 0.497 e. The normalized spacial score (nSPS) is 15.7. The molecule has 126 valence electrons. The van der Waals surface area contributed by atoms with Crippen LogP contribution in [0, 0.1) is 0 Å². The number of thioether (sulfide) groups is 1. The van der Waals surface area contributed by atoms with E-state index in [1.807, 2.05) is 6.07 Å². The van der Waals surface area contributed by atoms with E-state index in [4.69, 9.17) is 22.1 Å². The minimum absolute atomic E-state index is 0.250. The minimum atomic E-state index is -1.16. The topological polar surface area (TPSA) is 95.9 Å². The van der Waals surface area contributed by atoms with Crippen LogP contribution in [0.5, 0.6) is 5.75 Å². The molecule has 7 nitrogen and oxygen atoms in total. The van der Waals surface area contributed by atoms with Gasteiger partial charge in [0.15, 0.2) is 0 Å². The fourth-order valence-corrected chi connectivity index (χ4v) is 3.15. The lowest BCUT2D eigenvalue weighted by molar-refractivity contribution is -0.138. The third kappa shape index (κ3) is 4.56. The first-order chi connectivity index (χ1) is 11.4. The van der Waals surface area contributed by atoms with Crippen molar-refractivity contribution < 1.29 is 24.2 Å². The van der Waals surface area contributed by atoms with E-state index >= 15 is 0 Å². The van der Waals surface area contributed by atoms with Crippen LogP contribution in [0.1, 0.15) is 5.56 Å². The summed E-state index contributed by atoms with van der Waals surface area (Å²) in [7, 11) is 1.55. The summed E-state index contributed by atoms with van der Waals surface area (Å²) in [4.78, 5) is 36.0. The number of ether oxygens (including phenoxy) is 1. The Balaban J connectivity index is 2.09. The molecule has 9 heteroatoms. The first kappa shape index (κ1) is 18.0. The summed E-state index contributed by atoms with van der Waals surface area (Å²) >= 11 is 6.21. The number of nitrogens with zero attached hydrogens (tertiary/aromatic N) is 1. The van der Waals surface area contributed by atoms with Crippen molar-refractivity contribution in [2.24, 2.45) is 0 Å². The van der Waals surface area contributed by atoms with Crippen LogP contribution >= 0.6 is 24.0 Å². The van der Waals surface area contributed by atoms with Crippen molar-refractivity contribution in [3.63, 3.8) is 0 Å². The molecule has 0 unspecified atom stereocenters. The van der Waals surface area contributed by atoms with Crippen molar-refractivity contribution in [2.45, 2.75) is 0 Å². The van der Waals surface area contributed by atoms with E-state index < -0.39 is 24.3 Å². The summed E-state index contributed by atoms with van der Waals surface area (Å²) in [5, 5.41) is 10.7. The van der Waals surface area contributed by atoms with Crippen LogP contribution in [-0.2, 0) is 14.4 Å². The fourth-order valence-electron chi connectivity index (χ4n) is 1.89. The highest BCUT2D eigenvalue weighted by Crippen LogP contribution is 2.32. The van der Waals surface area contributed by atoms with Crippen molar-refractivity contribution in [1.29, 1.82) is 0 Å². The Labute approximate surface area is 147 Å². The summed E-state index contributed by atoms with van der Waals surface area (Å²) in [6.07, 6.45) is 1.66. The van der Waals surface area contributed by atoms with Crippen LogP contribution in [-0.4, -0.2) is 52.3 Å². The first-order valence-corrected chi connectivity index (χ1v) is 8.01. The zero-order chi connectivity index (χ0) is 17.7. The predicted molar refractivity (Wildman–Crippen MR) is 93.5 cm³/mol. The monoisotopic (exact) mass is 366 g/mol. The number of amides is 2. The number of methoxy groups -OCH3 is 1. The number of benzene rings is 1. The summed E-state index contributed by atoms with van der Waals surface area (Å²) in [5.74, 6) is -1.48. The van der Waals surface area contributed by atoms with Gasteiger partial charge in [-0.2, -0.15) is 0 Å². The highest BCUT2D eigenvalue weighted by atomic mass is 32.2. The van der Waals surface area contributed by atoms with Gasteiger partial charge in [0.05, 0.1) is 12.0 Å². The Bertz CT molecular complexity index is 732. The molecule has 0 spiro atoms. The van der Waals surface area contributed by atoms with Gasteiger partial charge in [0.25, 0.3) is 5.91 Å². The SMILES string of the molecule is COc1cccc(/C=C2\SC(=S)N(CC(=O)NCC(=O)O)C2=O)c1. The number of hydrogen-bond donors (Lipinski definition) is 2. The Kier molecular flexibility index (Phi) is 5.93.